The molecule has 35 heavy (non-hydrogen) atoms. The Morgan fingerprint density at radius 2 is 1.06 bits per heavy atom. The lowest BCUT2D eigenvalue weighted by atomic mass is 10.1. The van der Waals surface area contributed by atoms with Gasteiger partial charge in [0, 0.05) is 29.9 Å². The van der Waals surface area contributed by atoms with Crippen LogP contribution in [0.5, 0.6) is 11.5 Å². The molecule has 1 heterocycles. The van der Waals surface area contributed by atoms with E-state index in [1.165, 1.54) is 25.7 Å². The number of nitrogens with zero attached hydrogens (tertiary/aromatic N) is 2. The van der Waals surface area contributed by atoms with Gasteiger partial charge in [-0.25, -0.2) is 0 Å². The molecular weight excluding hydrogens is 483 g/mol. The monoisotopic (exact) mass is 526 g/mol. The Labute approximate surface area is 223 Å². The van der Waals surface area contributed by atoms with Crippen molar-refractivity contribution in [1.29, 1.82) is 0 Å². The van der Waals surface area contributed by atoms with Crippen molar-refractivity contribution >= 4 is 46.8 Å². The van der Waals surface area contributed by atoms with Crippen LogP contribution in [-0.2, 0) is 0 Å². The lowest BCUT2D eigenvalue weighted by Crippen LogP contribution is -2.30. The van der Waals surface area contributed by atoms with E-state index in [0.29, 0.717) is 13.2 Å². The highest BCUT2D eigenvalue weighted by atomic mass is 35.5. The van der Waals surface area contributed by atoms with Gasteiger partial charge in [0.1, 0.15) is 35.9 Å². The normalized spacial score (nSPS) is 11.1. The number of rotatable bonds is 16. The molecule has 2 aromatic carbocycles. The summed E-state index contributed by atoms with van der Waals surface area (Å²) in [6.45, 7) is 16.7. The van der Waals surface area contributed by atoms with Crippen LogP contribution >= 0.6 is 24.8 Å². The van der Waals surface area contributed by atoms with E-state index in [0.717, 1.165) is 72.7 Å². The van der Waals surface area contributed by atoms with E-state index in [-0.39, 0.29) is 24.8 Å². The number of halogens is 2. The summed E-state index contributed by atoms with van der Waals surface area (Å²) >= 11 is 0. The van der Waals surface area contributed by atoms with Gasteiger partial charge < -0.3 is 13.9 Å². The third kappa shape index (κ3) is 9.38. The van der Waals surface area contributed by atoms with Gasteiger partial charge in [0.05, 0.1) is 0 Å². The molecule has 7 heteroatoms. The highest BCUT2D eigenvalue weighted by molar-refractivity contribution is 6.05. The standard InChI is InChI=1S/C28H42N2O3.2ClH/c1-5-13-29(14-6-2)17-19-31-23-10-12-27-26(21-23)25-11-9-24(22-28(25)33-27)32-20-18-30(15-7-3)16-8-4;;/h9-12,21-22H,5-8,13-20H2,1-4H3;2*1H. The predicted octanol–water partition coefficient (Wildman–Crippen LogP) is 7.43. The first kappa shape index (κ1) is 31.4. The summed E-state index contributed by atoms with van der Waals surface area (Å²) in [5.41, 5.74) is 1.74. The molecule has 0 bridgehead atoms. The number of ether oxygens (including phenoxy) is 2. The van der Waals surface area contributed by atoms with Crippen molar-refractivity contribution in [3.8, 4) is 11.5 Å². The molecule has 0 saturated heterocycles. The van der Waals surface area contributed by atoms with Crippen molar-refractivity contribution in [2.24, 2.45) is 0 Å². The molecule has 0 amide bonds. The van der Waals surface area contributed by atoms with Crippen molar-refractivity contribution in [3.63, 3.8) is 0 Å². The SMILES string of the molecule is CCCN(CCC)CCOc1ccc2c(c1)oc1ccc(OCCN(CCC)CCC)cc12.Cl.Cl. The number of fused-ring (bicyclic) bond motifs is 3. The van der Waals surface area contributed by atoms with Crippen molar-refractivity contribution in [1.82, 2.24) is 9.80 Å². The predicted molar refractivity (Wildman–Crippen MR) is 153 cm³/mol. The molecule has 0 aliphatic heterocycles. The van der Waals surface area contributed by atoms with E-state index in [4.69, 9.17) is 13.9 Å². The Bertz CT molecular complexity index is 967. The minimum Gasteiger partial charge on any atom is -0.492 e. The van der Waals surface area contributed by atoms with Gasteiger partial charge in [-0.05, 0) is 82.2 Å². The van der Waals surface area contributed by atoms with E-state index in [1.807, 2.05) is 24.3 Å². The summed E-state index contributed by atoms with van der Waals surface area (Å²) in [7, 11) is 0. The molecule has 0 aliphatic carbocycles. The molecule has 0 spiro atoms. The Morgan fingerprint density at radius 3 is 1.57 bits per heavy atom. The average molecular weight is 528 g/mol. The van der Waals surface area contributed by atoms with Gasteiger partial charge in [-0.3, -0.25) is 9.80 Å². The summed E-state index contributed by atoms with van der Waals surface area (Å²) < 4.78 is 18.2. The van der Waals surface area contributed by atoms with Crippen molar-refractivity contribution in [3.05, 3.63) is 36.4 Å². The van der Waals surface area contributed by atoms with Gasteiger partial charge in [-0.15, -0.1) is 24.8 Å². The summed E-state index contributed by atoms with van der Waals surface area (Å²) in [4.78, 5) is 4.93. The van der Waals surface area contributed by atoms with E-state index in [2.05, 4.69) is 49.6 Å². The third-order valence-corrected chi connectivity index (χ3v) is 5.93. The van der Waals surface area contributed by atoms with Crippen LogP contribution in [0.25, 0.3) is 21.9 Å². The molecule has 0 atom stereocenters. The fraction of sp³-hybridized carbons (Fsp3) is 0.571. The maximum absolute atomic E-state index is 6.11. The van der Waals surface area contributed by atoms with Crippen LogP contribution in [0.3, 0.4) is 0 Å². The fourth-order valence-corrected chi connectivity index (χ4v) is 4.44. The highest BCUT2D eigenvalue weighted by Crippen LogP contribution is 2.33. The Hall–Kier alpha value is -1.66. The highest BCUT2D eigenvalue weighted by Gasteiger charge is 2.11. The zero-order chi connectivity index (χ0) is 23.5. The lowest BCUT2D eigenvalue weighted by molar-refractivity contribution is 0.209. The Kier molecular flexibility index (Phi) is 15.2. The molecule has 0 N–H and O–H groups in total. The second kappa shape index (κ2) is 16.9. The summed E-state index contributed by atoms with van der Waals surface area (Å²) in [5.74, 6) is 1.75. The molecule has 198 valence electrons. The van der Waals surface area contributed by atoms with Gasteiger partial charge in [0.25, 0.3) is 0 Å². The minimum atomic E-state index is 0. The first-order valence-electron chi connectivity index (χ1n) is 12.8. The van der Waals surface area contributed by atoms with Crippen molar-refractivity contribution < 1.29 is 13.9 Å². The van der Waals surface area contributed by atoms with Crippen LogP contribution in [0.2, 0.25) is 0 Å². The minimum absolute atomic E-state index is 0. The molecule has 3 rings (SSSR count). The maximum atomic E-state index is 6.11. The Morgan fingerprint density at radius 1 is 0.571 bits per heavy atom. The number of hydrogen-bond donors (Lipinski definition) is 0. The van der Waals surface area contributed by atoms with E-state index >= 15 is 0 Å². The number of benzene rings is 2. The molecule has 0 saturated carbocycles. The van der Waals surface area contributed by atoms with Gasteiger partial charge in [-0.1, -0.05) is 27.7 Å². The third-order valence-electron chi connectivity index (χ3n) is 5.93. The van der Waals surface area contributed by atoms with Crippen LogP contribution in [0.15, 0.2) is 40.8 Å². The maximum Gasteiger partial charge on any atom is 0.139 e. The zero-order valence-electron chi connectivity index (χ0n) is 21.9. The quantitative estimate of drug-likeness (QED) is 0.194. The average Bonchev–Trinajstić information content (AvgIpc) is 3.17. The van der Waals surface area contributed by atoms with E-state index in [9.17, 15) is 0 Å². The molecule has 1 aromatic heterocycles. The summed E-state index contributed by atoms with van der Waals surface area (Å²) in [6, 6.07) is 12.3. The number of hydrogen-bond acceptors (Lipinski definition) is 5. The van der Waals surface area contributed by atoms with Gasteiger partial charge in [0.2, 0.25) is 0 Å². The first-order valence-corrected chi connectivity index (χ1v) is 12.8. The van der Waals surface area contributed by atoms with Gasteiger partial charge in [0.15, 0.2) is 0 Å². The first-order chi connectivity index (χ1) is 16.2. The summed E-state index contributed by atoms with van der Waals surface area (Å²) in [6.07, 6.45) is 4.70. The van der Waals surface area contributed by atoms with Gasteiger partial charge in [-0.2, -0.15) is 0 Å². The topological polar surface area (TPSA) is 38.1 Å². The Balaban J connectivity index is 0.00000306. The van der Waals surface area contributed by atoms with E-state index in [1.54, 1.807) is 0 Å². The fourth-order valence-electron chi connectivity index (χ4n) is 4.44. The van der Waals surface area contributed by atoms with Crippen molar-refractivity contribution in [2.45, 2.75) is 53.4 Å². The second-order valence-electron chi connectivity index (χ2n) is 8.80. The molecule has 0 radical (unpaired) electrons. The molecule has 3 aromatic rings. The van der Waals surface area contributed by atoms with Crippen LogP contribution in [-0.4, -0.2) is 62.3 Å². The molecular formula is C28H44Cl2N2O3. The second-order valence-corrected chi connectivity index (χ2v) is 8.80. The van der Waals surface area contributed by atoms with Crippen molar-refractivity contribution in [2.75, 3.05) is 52.5 Å². The number of furan rings is 1. The van der Waals surface area contributed by atoms with Crippen LogP contribution in [0, 0.1) is 0 Å². The molecule has 5 nitrogen and oxygen atoms in total. The molecule has 0 aliphatic rings. The van der Waals surface area contributed by atoms with E-state index < -0.39 is 0 Å². The van der Waals surface area contributed by atoms with Crippen LogP contribution < -0.4 is 9.47 Å². The van der Waals surface area contributed by atoms with Crippen LogP contribution in [0.1, 0.15) is 53.4 Å². The molecule has 0 fully saturated rings. The van der Waals surface area contributed by atoms with Gasteiger partial charge >= 0.3 is 0 Å². The lowest BCUT2D eigenvalue weighted by Gasteiger charge is -2.20. The summed E-state index contributed by atoms with van der Waals surface area (Å²) in [5, 5.41) is 2.19. The largest absolute Gasteiger partial charge is 0.492 e. The molecule has 0 unspecified atom stereocenters. The van der Waals surface area contributed by atoms with Crippen LogP contribution in [0.4, 0.5) is 0 Å². The smallest absolute Gasteiger partial charge is 0.139 e. The zero-order valence-corrected chi connectivity index (χ0v) is 23.5.